The Hall–Kier alpha value is -1.01. The van der Waals surface area contributed by atoms with Crippen LogP contribution >= 0.6 is 23.2 Å². The first-order valence-corrected chi connectivity index (χ1v) is 7.21. The lowest BCUT2D eigenvalue weighted by Crippen LogP contribution is -2.22. The van der Waals surface area contributed by atoms with Crippen LogP contribution in [0, 0.1) is 0 Å². The molecular weight excluding hydrogens is 297 g/mol. The van der Waals surface area contributed by atoms with Crippen molar-refractivity contribution < 1.29 is 12.8 Å². The Labute approximate surface area is 115 Å². The van der Waals surface area contributed by atoms with Gasteiger partial charge in [-0.2, -0.15) is 0 Å². The Morgan fingerprint density at radius 2 is 1.94 bits per heavy atom. The lowest BCUT2D eigenvalue weighted by atomic mass is 10.4. The van der Waals surface area contributed by atoms with E-state index in [-0.39, 0.29) is 16.7 Å². The van der Waals surface area contributed by atoms with Crippen molar-refractivity contribution in [3.05, 3.63) is 52.4 Å². The van der Waals surface area contributed by atoms with Gasteiger partial charge in [0.15, 0.2) is 5.22 Å². The number of hydrogen-bond donors (Lipinski definition) is 1. The highest BCUT2D eigenvalue weighted by Gasteiger charge is 2.14. The number of benzene rings is 1. The molecule has 2 aromatic rings. The van der Waals surface area contributed by atoms with Gasteiger partial charge in [0.1, 0.15) is 5.76 Å². The largest absolute Gasteiger partial charge is 0.448 e. The molecule has 2 rings (SSSR count). The van der Waals surface area contributed by atoms with Crippen molar-refractivity contribution in [3.63, 3.8) is 0 Å². The van der Waals surface area contributed by atoms with E-state index in [1.165, 1.54) is 12.1 Å². The Kier molecular flexibility index (Phi) is 3.97. The van der Waals surface area contributed by atoms with Crippen LogP contribution in [0.25, 0.3) is 0 Å². The summed E-state index contributed by atoms with van der Waals surface area (Å²) >= 11 is 11.3. The lowest BCUT2D eigenvalue weighted by Gasteiger charge is -2.05. The average molecular weight is 306 g/mol. The Morgan fingerprint density at radius 3 is 2.56 bits per heavy atom. The molecular formula is C11H9Cl2NO3S. The van der Waals surface area contributed by atoms with Crippen molar-refractivity contribution in [2.45, 2.75) is 11.4 Å². The van der Waals surface area contributed by atoms with Crippen LogP contribution in [0.15, 0.2) is 45.7 Å². The van der Waals surface area contributed by atoms with Gasteiger partial charge in [0.2, 0.25) is 10.0 Å². The molecule has 4 nitrogen and oxygen atoms in total. The minimum atomic E-state index is -3.61. The van der Waals surface area contributed by atoms with Gasteiger partial charge in [0, 0.05) is 5.02 Å². The van der Waals surface area contributed by atoms with Crippen molar-refractivity contribution in [3.8, 4) is 0 Å². The van der Waals surface area contributed by atoms with Crippen molar-refractivity contribution >= 4 is 33.2 Å². The molecule has 0 fully saturated rings. The van der Waals surface area contributed by atoms with Gasteiger partial charge in [0.25, 0.3) is 0 Å². The first kappa shape index (κ1) is 13.4. The van der Waals surface area contributed by atoms with Crippen molar-refractivity contribution in [2.24, 2.45) is 0 Å². The molecule has 0 amide bonds. The van der Waals surface area contributed by atoms with Crippen LogP contribution in [0.5, 0.6) is 0 Å². The van der Waals surface area contributed by atoms with Gasteiger partial charge in [-0.25, -0.2) is 13.1 Å². The summed E-state index contributed by atoms with van der Waals surface area (Å²) in [6.45, 7) is 0.0293. The third-order valence-corrected chi connectivity index (χ3v) is 4.01. The molecule has 0 saturated heterocycles. The summed E-state index contributed by atoms with van der Waals surface area (Å²) in [6, 6.07) is 9.16. The number of halogens is 2. The summed E-state index contributed by atoms with van der Waals surface area (Å²) in [4.78, 5) is 0.104. The van der Waals surface area contributed by atoms with E-state index >= 15 is 0 Å². The third-order valence-electron chi connectivity index (χ3n) is 2.17. The van der Waals surface area contributed by atoms with E-state index < -0.39 is 10.0 Å². The molecule has 0 unspecified atom stereocenters. The summed E-state index contributed by atoms with van der Waals surface area (Å²) in [5.74, 6) is 0.436. The molecule has 0 bridgehead atoms. The van der Waals surface area contributed by atoms with Gasteiger partial charge in [-0.1, -0.05) is 17.7 Å². The van der Waals surface area contributed by atoms with E-state index in [2.05, 4.69) is 4.72 Å². The van der Waals surface area contributed by atoms with E-state index in [0.717, 1.165) is 0 Å². The summed E-state index contributed by atoms with van der Waals surface area (Å²) in [5, 5.41) is 0.575. The number of furan rings is 1. The van der Waals surface area contributed by atoms with Gasteiger partial charge in [0.05, 0.1) is 11.4 Å². The van der Waals surface area contributed by atoms with Crippen LogP contribution in [-0.4, -0.2) is 8.42 Å². The maximum absolute atomic E-state index is 11.9. The predicted molar refractivity (Wildman–Crippen MR) is 69.2 cm³/mol. The summed E-state index contributed by atoms with van der Waals surface area (Å²) in [7, 11) is -3.61. The number of rotatable bonds is 4. The van der Waals surface area contributed by atoms with Gasteiger partial charge >= 0.3 is 0 Å². The molecule has 0 aliphatic rings. The highest BCUT2D eigenvalue weighted by Crippen LogP contribution is 2.17. The average Bonchev–Trinajstić information content (AvgIpc) is 2.73. The minimum absolute atomic E-state index is 0.0293. The molecule has 1 aromatic carbocycles. The standard InChI is InChI=1S/C11H9Cl2NO3S/c12-8-2-1-3-10(6-8)18(15,16)14-7-9-4-5-11(13)17-9/h1-6,14H,7H2. The van der Waals surface area contributed by atoms with E-state index in [9.17, 15) is 8.42 Å². The molecule has 1 aromatic heterocycles. The minimum Gasteiger partial charge on any atom is -0.448 e. The van der Waals surface area contributed by atoms with Crippen LogP contribution < -0.4 is 4.72 Å². The van der Waals surface area contributed by atoms with Crippen molar-refractivity contribution in [1.29, 1.82) is 0 Å². The second-order valence-corrected chi connectivity index (χ2v) is 6.06. The Morgan fingerprint density at radius 1 is 1.17 bits per heavy atom. The van der Waals surface area contributed by atoms with E-state index in [1.807, 2.05) is 0 Å². The second-order valence-electron chi connectivity index (χ2n) is 3.49. The zero-order valence-corrected chi connectivity index (χ0v) is 11.4. The Balaban J connectivity index is 2.13. The lowest BCUT2D eigenvalue weighted by molar-refractivity contribution is 0.500. The molecule has 0 atom stereocenters. The van der Waals surface area contributed by atoms with Crippen LogP contribution in [0.2, 0.25) is 10.2 Å². The fourth-order valence-corrected chi connectivity index (χ4v) is 2.79. The van der Waals surface area contributed by atoms with Crippen LogP contribution in [0.1, 0.15) is 5.76 Å². The molecule has 18 heavy (non-hydrogen) atoms. The highest BCUT2D eigenvalue weighted by atomic mass is 35.5. The Bertz CT molecular complexity index is 652. The summed E-state index contributed by atoms with van der Waals surface area (Å²) in [5.41, 5.74) is 0. The topological polar surface area (TPSA) is 59.3 Å². The molecule has 1 heterocycles. The molecule has 0 saturated carbocycles. The predicted octanol–water partition coefficient (Wildman–Crippen LogP) is 3.06. The number of sulfonamides is 1. The van der Waals surface area contributed by atoms with Crippen molar-refractivity contribution in [1.82, 2.24) is 4.72 Å². The first-order valence-electron chi connectivity index (χ1n) is 4.97. The zero-order valence-electron chi connectivity index (χ0n) is 9.06. The maximum Gasteiger partial charge on any atom is 0.241 e. The molecule has 96 valence electrons. The monoisotopic (exact) mass is 305 g/mol. The molecule has 7 heteroatoms. The quantitative estimate of drug-likeness (QED) is 0.944. The molecule has 0 aliphatic heterocycles. The van der Waals surface area contributed by atoms with Gasteiger partial charge < -0.3 is 4.42 Å². The van der Waals surface area contributed by atoms with E-state index in [4.69, 9.17) is 27.6 Å². The van der Waals surface area contributed by atoms with Crippen molar-refractivity contribution in [2.75, 3.05) is 0 Å². The second kappa shape index (κ2) is 5.32. The highest BCUT2D eigenvalue weighted by molar-refractivity contribution is 7.89. The SMILES string of the molecule is O=S(=O)(NCc1ccc(Cl)o1)c1cccc(Cl)c1. The van der Waals surface area contributed by atoms with E-state index in [0.29, 0.717) is 10.8 Å². The maximum atomic E-state index is 11.9. The number of hydrogen-bond acceptors (Lipinski definition) is 3. The van der Waals surface area contributed by atoms with Crippen LogP contribution in [-0.2, 0) is 16.6 Å². The number of nitrogens with one attached hydrogen (secondary N) is 1. The van der Waals surface area contributed by atoms with Gasteiger partial charge in [-0.3, -0.25) is 0 Å². The molecule has 0 aliphatic carbocycles. The molecule has 0 spiro atoms. The summed E-state index contributed by atoms with van der Waals surface area (Å²) in [6.07, 6.45) is 0. The van der Waals surface area contributed by atoms with Gasteiger partial charge in [-0.05, 0) is 41.9 Å². The van der Waals surface area contributed by atoms with Crippen LogP contribution in [0.3, 0.4) is 0 Å². The normalized spacial score (nSPS) is 11.7. The fraction of sp³-hybridized carbons (Fsp3) is 0.0909. The zero-order chi connectivity index (χ0) is 13.2. The fourth-order valence-electron chi connectivity index (χ4n) is 1.33. The first-order chi connectivity index (χ1) is 8.47. The van der Waals surface area contributed by atoms with Crippen LogP contribution in [0.4, 0.5) is 0 Å². The smallest absolute Gasteiger partial charge is 0.241 e. The molecule has 1 N–H and O–H groups in total. The summed E-state index contributed by atoms with van der Waals surface area (Å²) < 4.78 is 31.3. The van der Waals surface area contributed by atoms with E-state index in [1.54, 1.807) is 24.3 Å². The third kappa shape index (κ3) is 3.26. The van der Waals surface area contributed by atoms with Gasteiger partial charge in [-0.15, -0.1) is 0 Å². The molecule has 0 radical (unpaired) electrons.